The minimum absolute atomic E-state index is 0.565. The van der Waals surface area contributed by atoms with Gasteiger partial charge in [-0.15, -0.1) is 0 Å². The Morgan fingerprint density at radius 2 is 2.13 bits per heavy atom. The average molecular weight is 231 g/mol. The monoisotopic (exact) mass is 231 g/mol. The number of hydrogen-bond acceptors (Lipinski definition) is 3. The largest absolute Gasteiger partial charge is 0.369 e. The zero-order valence-electron chi connectivity index (χ0n) is 9.52. The number of methoxy groups -OCH3 is 1. The van der Waals surface area contributed by atoms with Gasteiger partial charge in [-0.2, -0.15) is 0 Å². The van der Waals surface area contributed by atoms with E-state index in [-0.39, 0.29) is 0 Å². The molecular weight excluding hydrogens is 209 g/mol. The molecule has 2 fully saturated rings. The molecule has 4 atom stereocenters. The molecule has 4 heteroatoms. The lowest BCUT2D eigenvalue weighted by Gasteiger charge is -2.33. The van der Waals surface area contributed by atoms with Crippen LogP contribution in [0.2, 0.25) is 0 Å². The maximum absolute atomic E-state index is 5.31. The maximum atomic E-state index is 5.31. The molecule has 3 nitrogen and oxygen atoms in total. The Balaban J connectivity index is 2.00. The quantitative estimate of drug-likeness (QED) is 0.691. The molecule has 0 spiro atoms. The fourth-order valence-electron chi connectivity index (χ4n) is 3.28. The summed E-state index contributed by atoms with van der Waals surface area (Å²) in [5, 5.41) is 0. The lowest BCUT2D eigenvalue weighted by atomic mass is 9.85. The van der Waals surface area contributed by atoms with E-state index in [0.29, 0.717) is 6.04 Å². The van der Waals surface area contributed by atoms with Gasteiger partial charge >= 0.3 is 0 Å². The molecule has 1 saturated carbocycles. The van der Waals surface area contributed by atoms with E-state index in [1.807, 2.05) is 0 Å². The van der Waals surface area contributed by atoms with Crippen LogP contribution in [0.5, 0.6) is 0 Å². The van der Waals surface area contributed by atoms with Gasteiger partial charge in [-0.25, -0.2) is 0 Å². The van der Waals surface area contributed by atoms with Crippen molar-refractivity contribution in [3.63, 3.8) is 0 Å². The standard InChI is InChI=1S/C11H22NO2P/c1-13-8-12-10(7-14-15)6-9-4-2-3-5-11(9)12/h9-11H,2-8,15H2,1H3/t9-,10-,11-/m0/s1. The lowest BCUT2D eigenvalue weighted by molar-refractivity contribution is 0.00772. The van der Waals surface area contributed by atoms with Crippen LogP contribution in [-0.4, -0.2) is 37.4 Å². The summed E-state index contributed by atoms with van der Waals surface area (Å²) in [4.78, 5) is 2.51. The molecule has 2 aliphatic rings. The van der Waals surface area contributed by atoms with Crippen molar-refractivity contribution in [2.45, 2.75) is 44.2 Å². The molecule has 0 N–H and O–H groups in total. The predicted molar refractivity (Wildman–Crippen MR) is 63.5 cm³/mol. The van der Waals surface area contributed by atoms with E-state index in [4.69, 9.17) is 9.26 Å². The van der Waals surface area contributed by atoms with E-state index in [0.717, 1.165) is 25.3 Å². The predicted octanol–water partition coefficient (Wildman–Crippen LogP) is 2.03. The molecule has 1 aliphatic heterocycles. The van der Waals surface area contributed by atoms with E-state index in [1.54, 1.807) is 7.11 Å². The molecular formula is C11H22NO2P. The molecule has 0 radical (unpaired) electrons. The minimum atomic E-state index is 0.565. The zero-order chi connectivity index (χ0) is 10.7. The molecule has 15 heavy (non-hydrogen) atoms. The Labute approximate surface area is 94.8 Å². The van der Waals surface area contributed by atoms with Gasteiger partial charge in [0.05, 0.1) is 13.3 Å². The van der Waals surface area contributed by atoms with Gasteiger partial charge in [-0.3, -0.25) is 4.90 Å². The van der Waals surface area contributed by atoms with Crippen molar-refractivity contribution in [3.8, 4) is 0 Å². The summed E-state index contributed by atoms with van der Waals surface area (Å²) in [6.07, 6.45) is 6.84. The molecule has 0 bridgehead atoms. The van der Waals surface area contributed by atoms with E-state index >= 15 is 0 Å². The van der Waals surface area contributed by atoms with Crippen molar-refractivity contribution in [1.82, 2.24) is 4.90 Å². The molecule has 1 heterocycles. The van der Waals surface area contributed by atoms with Crippen molar-refractivity contribution in [1.29, 1.82) is 0 Å². The Hall–Kier alpha value is 0.310. The van der Waals surface area contributed by atoms with Crippen LogP contribution in [0.3, 0.4) is 0 Å². The number of hydrogen-bond donors (Lipinski definition) is 0. The summed E-state index contributed by atoms with van der Waals surface area (Å²) < 4.78 is 10.5. The van der Waals surface area contributed by atoms with Gasteiger partial charge in [-0.05, 0) is 25.2 Å². The van der Waals surface area contributed by atoms with Crippen LogP contribution >= 0.6 is 9.47 Å². The molecule has 0 aromatic carbocycles. The van der Waals surface area contributed by atoms with Gasteiger partial charge in [0.25, 0.3) is 0 Å². The highest BCUT2D eigenvalue weighted by Gasteiger charge is 2.41. The zero-order valence-corrected chi connectivity index (χ0v) is 10.7. The molecule has 2 rings (SSSR count). The minimum Gasteiger partial charge on any atom is -0.369 e. The number of ether oxygens (including phenoxy) is 1. The van der Waals surface area contributed by atoms with E-state index < -0.39 is 0 Å². The first-order chi connectivity index (χ1) is 7.36. The van der Waals surface area contributed by atoms with Gasteiger partial charge < -0.3 is 9.26 Å². The molecule has 1 unspecified atom stereocenters. The molecule has 1 aliphatic carbocycles. The fraction of sp³-hybridized carbons (Fsp3) is 1.00. The smallest absolute Gasteiger partial charge is 0.0992 e. The van der Waals surface area contributed by atoms with Crippen LogP contribution in [0, 0.1) is 5.92 Å². The highest BCUT2D eigenvalue weighted by Crippen LogP contribution is 2.39. The Morgan fingerprint density at radius 3 is 2.87 bits per heavy atom. The molecule has 0 amide bonds. The van der Waals surface area contributed by atoms with Crippen LogP contribution in [0.15, 0.2) is 0 Å². The van der Waals surface area contributed by atoms with Gasteiger partial charge in [-0.1, -0.05) is 12.8 Å². The topological polar surface area (TPSA) is 21.7 Å². The number of nitrogens with zero attached hydrogens (tertiary/aromatic N) is 1. The van der Waals surface area contributed by atoms with Gasteiger partial charge in [0.15, 0.2) is 0 Å². The third-order valence-corrected chi connectivity index (χ3v) is 4.10. The SMILES string of the molecule is COCN1[C@H](COP)C[C@@H]2CCCC[C@@H]21. The van der Waals surface area contributed by atoms with Crippen LogP contribution in [-0.2, 0) is 9.26 Å². The van der Waals surface area contributed by atoms with Crippen molar-refractivity contribution in [3.05, 3.63) is 0 Å². The summed E-state index contributed by atoms with van der Waals surface area (Å²) in [6.45, 7) is 1.58. The first kappa shape index (κ1) is 11.8. The molecule has 0 aromatic rings. The third-order valence-electron chi connectivity index (χ3n) is 3.91. The molecule has 88 valence electrons. The molecule has 1 saturated heterocycles. The van der Waals surface area contributed by atoms with Crippen molar-refractivity contribution >= 4 is 9.47 Å². The van der Waals surface area contributed by atoms with Crippen molar-refractivity contribution in [2.24, 2.45) is 5.92 Å². The van der Waals surface area contributed by atoms with Gasteiger partial charge in [0, 0.05) is 28.7 Å². The van der Waals surface area contributed by atoms with Gasteiger partial charge in [0.1, 0.15) is 0 Å². The second-order valence-electron chi connectivity index (χ2n) is 4.77. The van der Waals surface area contributed by atoms with E-state index in [2.05, 4.69) is 14.4 Å². The first-order valence-electron chi connectivity index (χ1n) is 5.93. The second kappa shape index (κ2) is 5.58. The highest BCUT2D eigenvalue weighted by atomic mass is 31.0. The molecule has 0 aromatic heterocycles. The summed E-state index contributed by atoms with van der Waals surface area (Å²) in [7, 11) is 4.15. The normalized spacial score (nSPS) is 36.8. The highest BCUT2D eigenvalue weighted by molar-refractivity contribution is 7.09. The second-order valence-corrected chi connectivity index (χ2v) is 5.10. The average Bonchev–Trinajstić information content (AvgIpc) is 2.59. The van der Waals surface area contributed by atoms with Crippen molar-refractivity contribution in [2.75, 3.05) is 20.4 Å². The Bertz CT molecular complexity index is 203. The van der Waals surface area contributed by atoms with Crippen LogP contribution in [0.25, 0.3) is 0 Å². The lowest BCUT2D eigenvalue weighted by Crippen LogP contribution is -2.41. The number of likely N-dealkylation sites (tertiary alicyclic amines) is 1. The maximum Gasteiger partial charge on any atom is 0.0992 e. The van der Waals surface area contributed by atoms with Crippen molar-refractivity contribution < 1.29 is 9.26 Å². The Kier molecular flexibility index (Phi) is 4.39. The first-order valence-corrected chi connectivity index (χ1v) is 6.40. The fourth-order valence-corrected chi connectivity index (χ4v) is 3.50. The van der Waals surface area contributed by atoms with Crippen LogP contribution < -0.4 is 0 Å². The third kappa shape index (κ3) is 2.52. The van der Waals surface area contributed by atoms with E-state index in [1.165, 1.54) is 32.1 Å². The summed E-state index contributed by atoms with van der Waals surface area (Å²) in [5.74, 6) is 0.888. The number of rotatable bonds is 4. The van der Waals surface area contributed by atoms with Gasteiger partial charge in [0.2, 0.25) is 0 Å². The van der Waals surface area contributed by atoms with E-state index in [9.17, 15) is 0 Å². The summed E-state index contributed by atoms with van der Waals surface area (Å²) in [6, 6.07) is 1.32. The summed E-state index contributed by atoms with van der Waals surface area (Å²) in [5.41, 5.74) is 0. The van der Waals surface area contributed by atoms with Crippen LogP contribution in [0.4, 0.5) is 0 Å². The Morgan fingerprint density at radius 1 is 1.33 bits per heavy atom. The van der Waals surface area contributed by atoms with Crippen LogP contribution in [0.1, 0.15) is 32.1 Å². The summed E-state index contributed by atoms with van der Waals surface area (Å²) >= 11 is 0. The number of fused-ring (bicyclic) bond motifs is 1.